The predicted octanol–water partition coefficient (Wildman–Crippen LogP) is 5.76. The lowest BCUT2D eigenvalue weighted by atomic mass is 9.82. The number of hydrogen-bond acceptors (Lipinski definition) is 4. The number of carbonyl (C=O) groups is 1. The van der Waals surface area contributed by atoms with Crippen LogP contribution in [0.4, 0.5) is 0 Å². The summed E-state index contributed by atoms with van der Waals surface area (Å²) in [5, 5.41) is 22.7. The maximum atomic E-state index is 12.8. The first-order valence-electron chi connectivity index (χ1n) is 11.6. The van der Waals surface area contributed by atoms with E-state index in [1.807, 2.05) is 49.5 Å². The zero-order valence-corrected chi connectivity index (χ0v) is 22.0. The van der Waals surface area contributed by atoms with Crippen LogP contribution in [0.2, 0.25) is 13.1 Å². The molecule has 2 N–H and O–H groups in total. The zero-order chi connectivity index (χ0) is 25.5. The summed E-state index contributed by atoms with van der Waals surface area (Å²) in [6.45, 7) is 10.5. The lowest BCUT2D eigenvalue weighted by Gasteiger charge is -2.27. The highest BCUT2D eigenvalue weighted by molar-refractivity contribution is 6.49. The van der Waals surface area contributed by atoms with Gasteiger partial charge in [0, 0.05) is 16.7 Å². The third-order valence-corrected chi connectivity index (χ3v) is 6.98. The van der Waals surface area contributed by atoms with Crippen molar-refractivity contribution in [2.45, 2.75) is 44.9 Å². The fourth-order valence-electron chi connectivity index (χ4n) is 4.64. The Balaban J connectivity index is 2.06. The van der Waals surface area contributed by atoms with E-state index < -0.39 is 20.6 Å². The number of benzene rings is 3. The largest absolute Gasteiger partial charge is 0.542 e. The van der Waals surface area contributed by atoms with Gasteiger partial charge in [-0.15, -0.1) is 0 Å². The van der Waals surface area contributed by atoms with Crippen molar-refractivity contribution in [3.05, 3.63) is 100 Å². The maximum Gasteiger partial charge on any atom is 0.335 e. The van der Waals surface area contributed by atoms with E-state index in [0.29, 0.717) is 39.3 Å². The number of hydrogen-bond donors (Lipinski definition) is 2. The summed E-state index contributed by atoms with van der Waals surface area (Å²) in [7, 11) is 0.417. The number of fused-ring (bicyclic) bond motifs is 1. The molecule has 0 aliphatic heterocycles. The summed E-state index contributed by atoms with van der Waals surface area (Å²) < 4.78 is 11.6. The Morgan fingerprint density at radius 3 is 2.17 bits per heavy atom. The number of carboxylic acid groups (broad SMARTS) is 1. The van der Waals surface area contributed by atoms with Gasteiger partial charge < -0.3 is 19.4 Å². The standard InChI is InChI=1S/C29H31O5Si/c1-28(2,3)19-13-16-22(24(17-19)34-35(5)6)25-21-9-7-8-10-23(21)29(32,26(25)27(30)31)18-11-14-20(33-4)15-12-18/h7-17,32H,1-6H3,(H,30,31). The van der Waals surface area contributed by atoms with Crippen molar-refractivity contribution < 1.29 is 24.2 Å². The molecule has 0 bridgehead atoms. The summed E-state index contributed by atoms with van der Waals surface area (Å²) in [6, 6.07) is 20.1. The van der Waals surface area contributed by atoms with Crippen molar-refractivity contribution in [2.24, 2.45) is 0 Å². The minimum absolute atomic E-state index is 0.0850. The Morgan fingerprint density at radius 2 is 1.60 bits per heavy atom. The summed E-state index contributed by atoms with van der Waals surface area (Å²) in [5.74, 6) is 0.0801. The normalized spacial score (nSPS) is 17.5. The van der Waals surface area contributed by atoms with Gasteiger partial charge in [-0.05, 0) is 53.4 Å². The summed E-state index contributed by atoms with van der Waals surface area (Å²) in [6.07, 6.45) is 0. The van der Waals surface area contributed by atoms with Gasteiger partial charge in [0.2, 0.25) is 0 Å². The van der Waals surface area contributed by atoms with Crippen LogP contribution in [0.15, 0.2) is 72.3 Å². The van der Waals surface area contributed by atoms with E-state index in [4.69, 9.17) is 9.16 Å². The Labute approximate surface area is 208 Å². The monoisotopic (exact) mass is 487 g/mol. The maximum absolute atomic E-state index is 12.8. The second-order valence-electron chi connectivity index (χ2n) is 10.0. The molecule has 5 nitrogen and oxygen atoms in total. The van der Waals surface area contributed by atoms with Crippen LogP contribution >= 0.6 is 0 Å². The molecule has 1 unspecified atom stereocenters. The molecular weight excluding hydrogens is 456 g/mol. The first-order valence-corrected chi connectivity index (χ1v) is 14.0. The molecule has 4 rings (SSSR count). The minimum atomic E-state index is -1.84. The molecule has 1 atom stereocenters. The molecule has 0 aromatic heterocycles. The van der Waals surface area contributed by atoms with E-state index in [2.05, 4.69) is 20.8 Å². The molecule has 1 radical (unpaired) electrons. The molecular formula is C29H31O5Si. The van der Waals surface area contributed by atoms with Gasteiger partial charge in [-0.1, -0.05) is 69.3 Å². The molecule has 0 saturated heterocycles. The van der Waals surface area contributed by atoms with Crippen molar-refractivity contribution >= 4 is 20.6 Å². The Bertz CT molecular complexity index is 1300. The molecule has 35 heavy (non-hydrogen) atoms. The third-order valence-electron chi connectivity index (χ3n) is 6.35. The van der Waals surface area contributed by atoms with Crippen LogP contribution in [0.5, 0.6) is 11.5 Å². The molecule has 0 fully saturated rings. The highest BCUT2D eigenvalue weighted by Gasteiger charge is 2.49. The minimum Gasteiger partial charge on any atom is -0.542 e. The molecule has 0 saturated carbocycles. The summed E-state index contributed by atoms with van der Waals surface area (Å²) in [4.78, 5) is 12.8. The van der Waals surface area contributed by atoms with Crippen molar-refractivity contribution in [3.63, 3.8) is 0 Å². The Hall–Kier alpha value is -3.35. The lowest BCUT2D eigenvalue weighted by molar-refractivity contribution is -0.134. The Kier molecular flexibility index (Phi) is 6.38. The molecule has 1 aliphatic carbocycles. The van der Waals surface area contributed by atoms with Gasteiger partial charge in [-0.2, -0.15) is 0 Å². The van der Waals surface area contributed by atoms with Gasteiger partial charge >= 0.3 is 5.97 Å². The van der Waals surface area contributed by atoms with Gasteiger partial charge in [0.1, 0.15) is 17.1 Å². The molecule has 3 aromatic rings. The van der Waals surface area contributed by atoms with Gasteiger partial charge in [0.15, 0.2) is 0 Å². The van der Waals surface area contributed by atoms with E-state index in [1.54, 1.807) is 37.4 Å². The van der Waals surface area contributed by atoms with Crippen LogP contribution in [0.25, 0.3) is 5.57 Å². The summed E-state index contributed by atoms with van der Waals surface area (Å²) >= 11 is 0. The molecule has 1 aliphatic rings. The van der Waals surface area contributed by atoms with Gasteiger partial charge in [0.05, 0.1) is 12.7 Å². The zero-order valence-electron chi connectivity index (χ0n) is 21.0. The van der Waals surface area contributed by atoms with E-state index in [-0.39, 0.29) is 11.0 Å². The van der Waals surface area contributed by atoms with Crippen LogP contribution in [0, 0.1) is 0 Å². The molecule has 181 valence electrons. The molecule has 3 aromatic carbocycles. The molecule has 0 heterocycles. The SMILES string of the molecule is COc1ccc(C2(O)C(C(=O)O)=C(c3ccc(C(C)(C)C)cc3O[Si](C)C)c3ccccc32)cc1. The summed E-state index contributed by atoms with van der Waals surface area (Å²) in [5.41, 5.74) is 1.88. The van der Waals surface area contributed by atoms with E-state index in [9.17, 15) is 15.0 Å². The van der Waals surface area contributed by atoms with Crippen LogP contribution in [-0.4, -0.2) is 32.3 Å². The fraction of sp³-hybridized carbons (Fsp3) is 0.276. The van der Waals surface area contributed by atoms with Crippen molar-refractivity contribution in [1.29, 1.82) is 0 Å². The molecule has 0 amide bonds. The number of aliphatic hydroxyl groups is 1. The lowest BCUT2D eigenvalue weighted by Crippen LogP contribution is -2.31. The van der Waals surface area contributed by atoms with Gasteiger partial charge in [0.25, 0.3) is 9.04 Å². The first-order chi connectivity index (χ1) is 16.5. The predicted molar refractivity (Wildman–Crippen MR) is 139 cm³/mol. The number of aliphatic carboxylic acids is 1. The number of ether oxygens (including phenoxy) is 1. The average Bonchev–Trinajstić information content (AvgIpc) is 3.08. The average molecular weight is 488 g/mol. The molecule has 0 spiro atoms. The smallest absolute Gasteiger partial charge is 0.335 e. The van der Waals surface area contributed by atoms with Crippen molar-refractivity contribution in [1.82, 2.24) is 0 Å². The third kappa shape index (κ3) is 4.28. The van der Waals surface area contributed by atoms with Crippen LogP contribution in [0.1, 0.15) is 48.6 Å². The van der Waals surface area contributed by atoms with Crippen LogP contribution in [-0.2, 0) is 15.8 Å². The fourth-order valence-corrected chi connectivity index (χ4v) is 5.25. The van der Waals surface area contributed by atoms with Gasteiger partial charge in [-0.3, -0.25) is 0 Å². The van der Waals surface area contributed by atoms with E-state index in [1.165, 1.54) is 0 Å². The second kappa shape index (κ2) is 9.02. The number of carboxylic acids is 1. The van der Waals surface area contributed by atoms with Crippen LogP contribution in [0.3, 0.4) is 0 Å². The number of rotatable bonds is 6. The quantitative estimate of drug-likeness (QED) is 0.433. The van der Waals surface area contributed by atoms with Crippen molar-refractivity contribution in [3.8, 4) is 11.5 Å². The number of methoxy groups -OCH3 is 1. The Morgan fingerprint density at radius 1 is 0.943 bits per heavy atom. The van der Waals surface area contributed by atoms with E-state index in [0.717, 1.165) is 5.56 Å². The molecule has 6 heteroatoms. The highest BCUT2D eigenvalue weighted by atomic mass is 28.3. The van der Waals surface area contributed by atoms with Crippen LogP contribution < -0.4 is 9.16 Å². The van der Waals surface area contributed by atoms with E-state index >= 15 is 0 Å². The second-order valence-corrected chi connectivity index (χ2v) is 12.0. The van der Waals surface area contributed by atoms with Gasteiger partial charge in [-0.25, -0.2) is 4.79 Å². The first kappa shape index (κ1) is 24.8. The highest BCUT2D eigenvalue weighted by Crippen LogP contribution is 2.52. The topological polar surface area (TPSA) is 76.0 Å². The van der Waals surface area contributed by atoms with Crippen molar-refractivity contribution in [2.75, 3.05) is 7.11 Å².